The van der Waals surface area contributed by atoms with Crippen LogP contribution in [0.25, 0.3) is 6.08 Å². The first-order valence-electron chi connectivity index (χ1n) is 3.86. The molecule has 0 saturated heterocycles. The van der Waals surface area contributed by atoms with Gasteiger partial charge in [0.2, 0.25) is 5.75 Å². The van der Waals surface area contributed by atoms with Gasteiger partial charge in [-0.05, 0) is 13.0 Å². The van der Waals surface area contributed by atoms with E-state index in [9.17, 15) is 15.2 Å². The van der Waals surface area contributed by atoms with E-state index in [1.807, 2.05) is 0 Å². The second-order valence-electron chi connectivity index (χ2n) is 2.62. The molecule has 1 N–H and O–H groups in total. The van der Waals surface area contributed by atoms with Crippen LogP contribution >= 0.6 is 15.9 Å². The zero-order valence-electron chi connectivity index (χ0n) is 7.40. The minimum Gasteiger partial charge on any atom is -0.502 e. The van der Waals surface area contributed by atoms with E-state index >= 15 is 0 Å². The van der Waals surface area contributed by atoms with E-state index in [1.54, 1.807) is 25.1 Å². The zero-order chi connectivity index (χ0) is 10.7. The molecular weight excluding hydrogens is 250 g/mol. The molecule has 0 radical (unpaired) electrons. The topological polar surface area (TPSA) is 63.4 Å². The summed E-state index contributed by atoms with van der Waals surface area (Å²) in [5.74, 6) is -0.309. The Kier molecular flexibility index (Phi) is 3.24. The molecule has 1 aromatic rings. The van der Waals surface area contributed by atoms with Crippen LogP contribution in [0.5, 0.6) is 5.75 Å². The van der Waals surface area contributed by atoms with Gasteiger partial charge >= 0.3 is 5.69 Å². The highest BCUT2D eigenvalue weighted by Gasteiger charge is 2.16. The van der Waals surface area contributed by atoms with Gasteiger partial charge in [0.1, 0.15) is 0 Å². The number of hydrogen-bond donors (Lipinski definition) is 1. The van der Waals surface area contributed by atoms with Gasteiger partial charge in [0.05, 0.1) is 4.92 Å². The van der Waals surface area contributed by atoms with Crippen LogP contribution in [-0.2, 0) is 0 Å². The molecule has 74 valence electrons. The maximum absolute atomic E-state index is 10.5. The molecule has 0 aliphatic rings. The molecule has 1 rings (SSSR count). The molecule has 0 aliphatic heterocycles. The highest BCUT2D eigenvalue weighted by atomic mass is 79.9. The number of phenols is 1. The van der Waals surface area contributed by atoms with Gasteiger partial charge in [-0.15, -0.1) is 0 Å². The van der Waals surface area contributed by atoms with Crippen LogP contribution in [0.15, 0.2) is 22.7 Å². The van der Waals surface area contributed by atoms with Crippen LogP contribution < -0.4 is 0 Å². The number of hydrogen-bond acceptors (Lipinski definition) is 3. The summed E-state index contributed by atoms with van der Waals surface area (Å²) in [6.45, 7) is 1.77. The average molecular weight is 258 g/mol. The fourth-order valence-electron chi connectivity index (χ4n) is 1.05. The van der Waals surface area contributed by atoms with Gasteiger partial charge in [-0.1, -0.05) is 28.1 Å². The Labute approximate surface area is 89.2 Å². The molecule has 0 spiro atoms. The normalized spacial score (nSPS) is 10.7. The maximum Gasteiger partial charge on any atom is 0.312 e. The smallest absolute Gasteiger partial charge is 0.312 e. The van der Waals surface area contributed by atoms with Crippen molar-refractivity contribution < 1.29 is 10.0 Å². The number of allylic oxidation sites excluding steroid dienone is 1. The van der Waals surface area contributed by atoms with E-state index in [2.05, 4.69) is 15.9 Å². The largest absolute Gasteiger partial charge is 0.502 e. The molecule has 0 atom stereocenters. The van der Waals surface area contributed by atoms with E-state index in [-0.39, 0.29) is 11.4 Å². The second-order valence-corrected chi connectivity index (χ2v) is 3.54. The number of halogens is 1. The number of benzene rings is 1. The fraction of sp³-hybridized carbons (Fsp3) is 0.111. The molecule has 5 heteroatoms. The summed E-state index contributed by atoms with van der Waals surface area (Å²) in [5, 5.41) is 20.0. The van der Waals surface area contributed by atoms with E-state index in [0.717, 1.165) is 0 Å². The molecule has 1 aromatic carbocycles. The fourth-order valence-corrected chi connectivity index (χ4v) is 1.51. The highest BCUT2D eigenvalue weighted by molar-refractivity contribution is 9.10. The molecule has 0 saturated carbocycles. The summed E-state index contributed by atoms with van der Waals surface area (Å²) in [7, 11) is 0. The van der Waals surface area contributed by atoms with E-state index < -0.39 is 4.92 Å². The minimum atomic E-state index is -0.618. The Morgan fingerprint density at radius 2 is 2.21 bits per heavy atom. The Balaban J connectivity index is 3.39. The molecule has 14 heavy (non-hydrogen) atoms. The van der Waals surface area contributed by atoms with Crippen molar-refractivity contribution in [1.82, 2.24) is 0 Å². The van der Waals surface area contributed by atoms with Gasteiger partial charge in [-0.2, -0.15) is 0 Å². The third-order valence-corrected chi connectivity index (χ3v) is 2.08. The molecule has 0 heterocycles. The van der Waals surface area contributed by atoms with Crippen molar-refractivity contribution >= 4 is 27.7 Å². The van der Waals surface area contributed by atoms with Gasteiger partial charge < -0.3 is 5.11 Å². The van der Waals surface area contributed by atoms with Crippen LogP contribution in [0.2, 0.25) is 0 Å². The molecule has 0 unspecified atom stereocenters. The van der Waals surface area contributed by atoms with Crippen molar-refractivity contribution in [2.45, 2.75) is 6.92 Å². The Bertz CT molecular complexity index is 401. The molecule has 4 nitrogen and oxygen atoms in total. The first-order chi connectivity index (χ1) is 6.56. The zero-order valence-corrected chi connectivity index (χ0v) is 8.98. The summed E-state index contributed by atoms with van der Waals surface area (Å²) < 4.78 is 0.565. The lowest BCUT2D eigenvalue weighted by Gasteiger charge is -2.01. The number of nitro benzene ring substituents is 1. The number of nitro groups is 1. The third kappa shape index (κ3) is 2.11. The Morgan fingerprint density at radius 1 is 1.57 bits per heavy atom. The van der Waals surface area contributed by atoms with Gasteiger partial charge in [-0.25, -0.2) is 0 Å². The van der Waals surface area contributed by atoms with Gasteiger partial charge in [0, 0.05) is 16.1 Å². The molecular formula is C9H8BrNO3. The van der Waals surface area contributed by atoms with Crippen LogP contribution in [0.3, 0.4) is 0 Å². The lowest BCUT2D eigenvalue weighted by Crippen LogP contribution is -1.90. The first kappa shape index (κ1) is 10.7. The maximum atomic E-state index is 10.5. The summed E-state index contributed by atoms with van der Waals surface area (Å²) in [6.07, 6.45) is 3.30. The molecule has 0 bridgehead atoms. The number of nitrogens with zero attached hydrogens (tertiary/aromatic N) is 1. The molecule has 0 fully saturated rings. The SMILES string of the molecule is CC=Cc1cc(Br)cc([N+](=O)[O-])c1O. The van der Waals surface area contributed by atoms with Gasteiger partial charge in [0.15, 0.2) is 0 Å². The van der Waals surface area contributed by atoms with E-state index in [1.165, 1.54) is 6.07 Å². The summed E-state index contributed by atoms with van der Waals surface area (Å²) >= 11 is 3.14. The van der Waals surface area contributed by atoms with Crippen molar-refractivity contribution in [2.24, 2.45) is 0 Å². The van der Waals surface area contributed by atoms with Gasteiger partial charge in [0.25, 0.3) is 0 Å². The van der Waals surface area contributed by atoms with Crippen LogP contribution in [0.1, 0.15) is 12.5 Å². The molecule has 0 aromatic heterocycles. The van der Waals surface area contributed by atoms with Crippen molar-refractivity contribution in [3.63, 3.8) is 0 Å². The van der Waals surface area contributed by atoms with E-state index in [0.29, 0.717) is 10.0 Å². The lowest BCUT2D eigenvalue weighted by atomic mass is 10.1. The van der Waals surface area contributed by atoms with Crippen molar-refractivity contribution in [3.05, 3.63) is 38.4 Å². The Morgan fingerprint density at radius 3 is 2.71 bits per heavy atom. The van der Waals surface area contributed by atoms with Crippen molar-refractivity contribution in [2.75, 3.05) is 0 Å². The summed E-state index contributed by atoms with van der Waals surface area (Å²) in [5.41, 5.74) is 0.126. The van der Waals surface area contributed by atoms with Crippen LogP contribution in [-0.4, -0.2) is 10.0 Å². The molecule has 0 aliphatic carbocycles. The number of rotatable bonds is 2. The third-order valence-electron chi connectivity index (χ3n) is 1.63. The highest BCUT2D eigenvalue weighted by Crippen LogP contribution is 2.33. The van der Waals surface area contributed by atoms with Crippen LogP contribution in [0.4, 0.5) is 5.69 Å². The Hall–Kier alpha value is -1.36. The minimum absolute atomic E-state index is 0.299. The average Bonchev–Trinajstić information content (AvgIpc) is 2.10. The molecule has 0 amide bonds. The second kappa shape index (κ2) is 4.23. The quantitative estimate of drug-likeness (QED) is 0.654. The predicted molar refractivity (Wildman–Crippen MR) is 57.2 cm³/mol. The lowest BCUT2D eigenvalue weighted by molar-refractivity contribution is -0.385. The van der Waals surface area contributed by atoms with Gasteiger partial charge in [-0.3, -0.25) is 10.1 Å². The van der Waals surface area contributed by atoms with E-state index in [4.69, 9.17) is 0 Å². The van der Waals surface area contributed by atoms with Crippen molar-refractivity contribution in [1.29, 1.82) is 0 Å². The van der Waals surface area contributed by atoms with Crippen molar-refractivity contribution in [3.8, 4) is 5.75 Å². The standard InChI is InChI=1S/C9H8BrNO3/c1-2-3-6-4-7(10)5-8(9(6)12)11(13)14/h2-5,12H,1H3. The summed E-state index contributed by atoms with van der Waals surface area (Å²) in [4.78, 5) is 9.91. The first-order valence-corrected chi connectivity index (χ1v) is 4.65. The van der Waals surface area contributed by atoms with Crippen LogP contribution in [0, 0.1) is 10.1 Å². The number of aromatic hydroxyl groups is 1. The monoisotopic (exact) mass is 257 g/mol. The number of phenolic OH excluding ortho intramolecular Hbond substituents is 1. The summed E-state index contributed by atoms with van der Waals surface area (Å²) in [6, 6.07) is 2.88. The predicted octanol–water partition coefficient (Wildman–Crippen LogP) is 3.10.